The lowest BCUT2D eigenvalue weighted by molar-refractivity contribution is -0.128. The largest absolute Gasteiger partial charge is 0.380 e. The van der Waals surface area contributed by atoms with Gasteiger partial charge in [0.25, 0.3) is 0 Å². The van der Waals surface area contributed by atoms with E-state index in [0.29, 0.717) is 32.5 Å². The maximum absolute atomic E-state index is 11.6. The highest BCUT2D eigenvalue weighted by atomic mass is 16.5. The number of nitrogens with one attached hydrogen (secondary N) is 1. The minimum Gasteiger partial charge on any atom is -0.380 e. The van der Waals surface area contributed by atoms with Crippen molar-refractivity contribution in [1.82, 2.24) is 5.32 Å². The van der Waals surface area contributed by atoms with Gasteiger partial charge >= 0.3 is 0 Å². The molecule has 0 unspecified atom stereocenters. The van der Waals surface area contributed by atoms with Crippen LogP contribution in [-0.2, 0) is 19.1 Å². The number of likely N-dealkylation sites (N-methyl/N-ethyl adjacent to an activating group) is 1. The third kappa shape index (κ3) is 12.0. The molecule has 0 aliphatic heterocycles. The van der Waals surface area contributed by atoms with Crippen LogP contribution < -0.4 is 5.32 Å². The van der Waals surface area contributed by atoms with Crippen LogP contribution in [0.1, 0.15) is 40.0 Å². The summed E-state index contributed by atoms with van der Waals surface area (Å²) < 4.78 is 10.8. The highest BCUT2D eigenvalue weighted by molar-refractivity contribution is 5.78. The summed E-state index contributed by atoms with van der Waals surface area (Å²) in [6.45, 7) is 7.27. The minimum absolute atomic E-state index is 0.00247. The SMILES string of the molecule is CNCCOCCC(=O)CCC(C)(C)OCC(C)=O. The zero-order valence-corrected chi connectivity index (χ0v) is 12.6. The summed E-state index contributed by atoms with van der Waals surface area (Å²) in [6, 6.07) is 0. The molecule has 0 rings (SSSR count). The van der Waals surface area contributed by atoms with Crippen molar-refractivity contribution in [2.45, 2.75) is 45.6 Å². The number of carbonyl (C=O) groups is 2. The fourth-order valence-corrected chi connectivity index (χ4v) is 1.40. The number of ether oxygens (including phenoxy) is 2. The number of hydrogen-bond acceptors (Lipinski definition) is 5. The normalized spacial score (nSPS) is 11.6. The third-order valence-electron chi connectivity index (χ3n) is 2.69. The molecule has 0 radical (unpaired) electrons. The Morgan fingerprint density at radius 1 is 1.16 bits per heavy atom. The van der Waals surface area contributed by atoms with Gasteiger partial charge in [0.05, 0.1) is 18.8 Å². The molecule has 0 fully saturated rings. The lowest BCUT2D eigenvalue weighted by Gasteiger charge is -2.24. The molecule has 0 atom stereocenters. The van der Waals surface area contributed by atoms with E-state index < -0.39 is 5.60 Å². The molecule has 1 N–H and O–H groups in total. The summed E-state index contributed by atoms with van der Waals surface area (Å²) in [4.78, 5) is 22.5. The van der Waals surface area contributed by atoms with Crippen molar-refractivity contribution >= 4 is 11.6 Å². The molecule has 0 spiro atoms. The fourth-order valence-electron chi connectivity index (χ4n) is 1.40. The summed E-state index contributed by atoms with van der Waals surface area (Å²) in [5, 5.41) is 2.97. The quantitative estimate of drug-likeness (QED) is 0.544. The van der Waals surface area contributed by atoms with Crippen LogP contribution in [0.3, 0.4) is 0 Å². The standard InChI is InChI=1S/C14H27NO4/c1-12(16)11-19-14(2,3)7-5-13(17)6-9-18-10-8-15-4/h15H,5-11H2,1-4H3. The average Bonchev–Trinajstić information content (AvgIpc) is 2.34. The number of Topliss-reactive ketones (excluding diaryl/α,β-unsaturated/α-hetero) is 2. The monoisotopic (exact) mass is 273 g/mol. The Balaban J connectivity index is 3.67. The molecule has 5 nitrogen and oxygen atoms in total. The molecule has 0 aromatic heterocycles. The van der Waals surface area contributed by atoms with Crippen LogP contribution >= 0.6 is 0 Å². The van der Waals surface area contributed by atoms with Crippen molar-refractivity contribution < 1.29 is 19.1 Å². The van der Waals surface area contributed by atoms with Crippen LogP contribution in [-0.4, -0.2) is 50.6 Å². The second kappa shape index (κ2) is 10.1. The van der Waals surface area contributed by atoms with Crippen molar-refractivity contribution in [2.24, 2.45) is 0 Å². The first kappa shape index (κ1) is 18.2. The van der Waals surface area contributed by atoms with E-state index in [1.807, 2.05) is 20.9 Å². The first-order chi connectivity index (χ1) is 8.87. The molecule has 5 heteroatoms. The van der Waals surface area contributed by atoms with E-state index in [9.17, 15) is 9.59 Å². The van der Waals surface area contributed by atoms with E-state index in [2.05, 4.69) is 5.32 Å². The molecule has 0 amide bonds. The smallest absolute Gasteiger partial charge is 0.155 e. The Labute approximate surface area is 116 Å². The van der Waals surface area contributed by atoms with Crippen molar-refractivity contribution in [2.75, 3.05) is 33.4 Å². The molecule has 0 bridgehead atoms. The first-order valence-corrected chi connectivity index (χ1v) is 6.75. The fraction of sp³-hybridized carbons (Fsp3) is 0.857. The van der Waals surface area contributed by atoms with Gasteiger partial charge in [0.2, 0.25) is 0 Å². The summed E-state index contributed by atoms with van der Waals surface area (Å²) in [5.74, 6) is 0.168. The van der Waals surface area contributed by atoms with Crippen LogP contribution in [0.25, 0.3) is 0 Å². The Morgan fingerprint density at radius 3 is 2.42 bits per heavy atom. The van der Waals surface area contributed by atoms with E-state index in [1.54, 1.807) is 0 Å². The second-order valence-electron chi connectivity index (χ2n) is 5.25. The molecule has 0 aromatic rings. The molecule has 0 aliphatic carbocycles. The van der Waals surface area contributed by atoms with E-state index in [0.717, 1.165) is 6.54 Å². The topological polar surface area (TPSA) is 64.6 Å². The van der Waals surface area contributed by atoms with Gasteiger partial charge in [0.15, 0.2) is 5.78 Å². The van der Waals surface area contributed by atoms with Gasteiger partial charge in [0.1, 0.15) is 12.4 Å². The van der Waals surface area contributed by atoms with E-state index in [1.165, 1.54) is 6.92 Å². The van der Waals surface area contributed by atoms with Gasteiger partial charge in [-0.3, -0.25) is 9.59 Å². The van der Waals surface area contributed by atoms with Crippen LogP contribution in [0.5, 0.6) is 0 Å². The molecule has 0 saturated carbocycles. The van der Waals surface area contributed by atoms with Crippen molar-refractivity contribution in [3.8, 4) is 0 Å². The average molecular weight is 273 g/mol. The van der Waals surface area contributed by atoms with Crippen LogP contribution in [0.2, 0.25) is 0 Å². The molecular formula is C14H27NO4. The Kier molecular flexibility index (Phi) is 9.65. The Hall–Kier alpha value is -0.780. The summed E-state index contributed by atoms with van der Waals surface area (Å²) in [6.07, 6.45) is 1.52. The van der Waals surface area contributed by atoms with E-state index in [-0.39, 0.29) is 18.2 Å². The first-order valence-electron chi connectivity index (χ1n) is 6.75. The van der Waals surface area contributed by atoms with Gasteiger partial charge < -0.3 is 14.8 Å². The molecule has 19 heavy (non-hydrogen) atoms. The van der Waals surface area contributed by atoms with Crippen LogP contribution in [0.15, 0.2) is 0 Å². The number of carbonyl (C=O) groups excluding carboxylic acids is 2. The molecule has 0 aromatic carbocycles. The number of rotatable bonds is 12. The number of hydrogen-bond donors (Lipinski definition) is 1. The number of ketones is 2. The summed E-state index contributed by atoms with van der Waals surface area (Å²) in [7, 11) is 1.86. The summed E-state index contributed by atoms with van der Waals surface area (Å²) >= 11 is 0. The molecular weight excluding hydrogens is 246 g/mol. The zero-order valence-electron chi connectivity index (χ0n) is 12.6. The highest BCUT2D eigenvalue weighted by Crippen LogP contribution is 2.17. The van der Waals surface area contributed by atoms with Gasteiger partial charge in [-0.05, 0) is 34.2 Å². The van der Waals surface area contributed by atoms with Crippen LogP contribution in [0.4, 0.5) is 0 Å². The van der Waals surface area contributed by atoms with Gasteiger partial charge in [-0.25, -0.2) is 0 Å². The van der Waals surface area contributed by atoms with Gasteiger partial charge in [-0.1, -0.05) is 0 Å². The van der Waals surface area contributed by atoms with Gasteiger partial charge in [-0.2, -0.15) is 0 Å². The lowest BCUT2D eigenvalue weighted by Crippen LogP contribution is -2.28. The highest BCUT2D eigenvalue weighted by Gasteiger charge is 2.20. The van der Waals surface area contributed by atoms with Crippen molar-refractivity contribution in [3.63, 3.8) is 0 Å². The van der Waals surface area contributed by atoms with E-state index >= 15 is 0 Å². The molecule has 0 aliphatic rings. The van der Waals surface area contributed by atoms with E-state index in [4.69, 9.17) is 9.47 Å². The lowest BCUT2D eigenvalue weighted by atomic mass is 9.99. The Bertz CT molecular complexity index is 277. The third-order valence-corrected chi connectivity index (χ3v) is 2.69. The molecule has 0 saturated heterocycles. The maximum Gasteiger partial charge on any atom is 0.155 e. The minimum atomic E-state index is -0.436. The second-order valence-corrected chi connectivity index (χ2v) is 5.25. The Morgan fingerprint density at radius 2 is 1.84 bits per heavy atom. The predicted molar refractivity (Wildman–Crippen MR) is 74.3 cm³/mol. The molecule has 112 valence electrons. The van der Waals surface area contributed by atoms with Crippen molar-refractivity contribution in [1.29, 1.82) is 0 Å². The summed E-state index contributed by atoms with van der Waals surface area (Å²) in [5.41, 5.74) is -0.436. The van der Waals surface area contributed by atoms with Crippen molar-refractivity contribution in [3.05, 3.63) is 0 Å². The van der Waals surface area contributed by atoms with Gasteiger partial charge in [0, 0.05) is 19.4 Å². The predicted octanol–water partition coefficient (Wildman–Crippen LogP) is 1.35. The zero-order chi connectivity index (χ0) is 14.7. The van der Waals surface area contributed by atoms with Gasteiger partial charge in [-0.15, -0.1) is 0 Å². The maximum atomic E-state index is 11.6. The molecule has 0 heterocycles. The van der Waals surface area contributed by atoms with Crippen LogP contribution in [0, 0.1) is 0 Å².